The molecule has 22 heavy (non-hydrogen) atoms. The van der Waals surface area contributed by atoms with E-state index >= 15 is 0 Å². The van der Waals surface area contributed by atoms with Gasteiger partial charge in [-0.05, 0) is 27.8 Å². The monoisotopic (exact) mass is 315 g/mol. The van der Waals surface area contributed by atoms with E-state index in [4.69, 9.17) is 9.84 Å². The number of carbonyl (C=O) groups excluding carboxylic acids is 2. The maximum Gasteiger partial charge on any atom is 0.410 e. The lowest BCUT2D eigenvalue weighted by Gasteiger charge is -2.53. The van der Waals surface area contributed by atoms with Crippen LogP contribution in [0.15, 0.2) is 0 Å². The first-order chi connectivity index (χ1) is 9.99. The number of nitrogens with zero attached hydrogens (tertiary/aromatic N) is 2. The Balaban J connectivity index is 2.72. The van der Waals surface area contributed by atoms with Crippen LogP contribution in [0.1, 0.15) is 27.2 Å². The van der Waals surface area contributed by atoms with E-state index in [-0.39, 0.29) is 32.0 Å². The Hall–Kier alpha value is -1.83. The second-order valence-electron chi connectivity index (χ2n) is 6.66. The summed E-state index contributed by atoms with van der Waals surface area (Å²) in [5.74, 6) is -1.17. The average Bonchev–Trinajstić information content (AvgIpc) is 2.29. The molecule has 1 fully saturated rings. The van der Waals surface area contributed by atoms with Gasteiger partial charge in [0.15, 0.2) is 0 Å². The zero-order valence-corrected chi connectivity index (χ0v) is 13.8. The van der Waals surface area contributed by atoms with E-state index in [0.717, 1.165) is 0 Å². The Morgan fingerprint density at radius 1 is 1.32 bits per heavy atom. The lowest BCUT2D eigenvalue weighted by Crippen LogP contribution is -2.72. The van der Waals surface area contributed by atoms with Gasteiger partial charge >= 0.3 is 12.1 Å². The van der Waals surface area contributed by atoms with Crippen molar-refractivity contribution in [3.05, 3.63) is 0 Å². The minimum atomic E-state index is -0.965. The number of aliphatic carboxylic acids is 1. The molecular formula is C14H25N3O5. The fourth-order valence-electron chi connectivity index (χ4n) is 2.35. The van der Waals surface area contributed by atoms with Crippen molar-refractivity contribution in [3.8, 4) is 0 Å². The molecule has 0 spiro atoms. The van der Waals surface area contributed by atoms with Crippen LogP contribution in [-0.2, 0) is 14.3 Å². The van der Waals surface area contributed by atoms with Crippen LogP contribution in [0.2, 0.25) is 0 Å². The van der Waals surface area contributed by atoms with Crippen LogP contribution in [0, 0.1) is 0 Å². The molecule has 0 unspecified atom stereocenters. The number of carboxylic acids is 1. The topological polar surface area (TPSA) is 99.2 Å². The highest BCUT2D eigenvalue weighted by Gasteiger charge is 2.50. The first-order valence-electron chi connectivity index (χ1n) is 7.11. The molecule has 8 nitrogen and oxygen atoms in total. The fraction of sp³-hybridized carbons (Fsp3) is 0.786. The van der Waals surface area contributed by atoms with Crippen molar-refractivity contribution in [2.24, 2.45) is 0 Å². The second kappa shape index (κ2) is 6.51. The minimum Gasteiger partial charge on any atom is -0.481 e. The Kier molecular flexibility index (Phi) is 5.39. The maximum atomic E-state index is 12.0. The van der Waals surface area contributed by atoms with E-state index in [1.807, 2.05) is 0 Å². The van der Waals surface area contributed by atoms with Crippen LogP contribution in [-0.4, -0.2) is 77.7 Å². The van der Waals surface area contributed by atoms with Gasteiger partial charge in [-0.3, -0.25) is 14.5 Å². The van der Waals surface area contributed by atoms with Crippen LogP contribution in [0.25, 0.3) is 0 Å². The molecule has 1 saturated heterocycles. The molecule has 1 rings (SSSR count). The summed E-state index contributed by atoms with van der Waals surface area (Å²) >= 11 is 0. The highest BCUT2D eigenvalue weighted by atomic mass is 16.6. The fourth-order valence-corrected chi connectivity index (χ4v) is 2.35. The van der Waals surface area contributed by atoms with Crippen LogP contribution in [0.3, 0.4) is 0 Å². The van der Waals surface area contributed by atoms with Crippen molar-refractivity contribution in [3.63, 3.8) is 0 Å². The smallest absolute Gasteiger partial charge is 0.410 e. The van der Waals surface area contributed by atoms with Crippen LogP contribution >= 0.6 is 0 Å². The quantitative estimate of drug-likeness (QED) is 0.748. The van der Waals surface area contributed by atoms with Gasteiger partial charge in [0.25, 0.3) is 0 Å². The molecule has 2 amide bonds. The van der Waals surface area contributed by atoms with Crippen LogP contribution < -0.4 is 5.32 Å². The molecule has 2 N–H and O–H groups in total. The molecule has 0 aromatic rings. The lowest BCUT2D eigenvalue weighted by atomic mass is 9.84. The summed E-state index contributed by atoms with van der Waals surface area (Å²) in [5.41, 5.74) is -1.34. The number of likely N-dealkylation sites (tertiary alicyclic amines) is 1. The summed E-state index contributed by atoms with van der Waals surface area (Å²) in [6.45, 7) is 5.84. The third kappa shape index (κ3) is 4.59. The molecule has 1 aliphatic heterocycles. The highest BCUT2D eigenvalue weighted by molar-refractivity contribution is 5.78. The zero-order chi connectivity index (χ0) is 17.1. The Bertz CT molecular complexity index is 452. The van der Waals surface area contributed by atoms with E-state index in [2.05, 4.69) is 5.32 Å². The summed E-state index contributed by atoms with van der Waals surface area (Å²) in [6.07, 6.45) is -0.610. The van der Waals surface area contributed by atoms with E-state index < -0.39 is 23.2 Å². The van der Waals surface area contributed by atoms with E-state index in [1.54, 1.807) is 32.7 Å². The van der Waals surface area contributed by atoms with Gasteiger partial charge in [0.2, 0.25) is 5.91 Å². The molecule has 0 aromatic carbocycles. The number of hydrogen-bond acceptors (Lipinski definition) is 5. The van der Waals surface area contributed by atoms with E-state index in [9.17, 15) is 14.4 Å². The van der Waals surface area contributed by atoms with E-state index in [0.29, 0.717) is 0 Å². The number of amides is 2. The van der Waals surface area contributed by atoms with Gasteiger partial charge in [0, 0.05) is 20.1 Å². The SMILES string of the molecule is CNC(=O)CN(C)C1(CC(=O)O)CN(C(=O)OC(C)(C)C)C1. The summed E-state index contributed by atoms with van der Waals surface area (Å²) in [4.78, 5) is 37.7. The molecular weight excluding hydrogens is 290 g/mol. The number of nitrogens with one attached hydrogen (secondary N) is 1. The largest absolute Gasteiger partial charge is 0.481 e. The minimum absolute atomic E-state index is 0.0753. The summed E-state index contributed by atoms with van der Waals surface area (Å²) in [6, 6.07) is 0. The van der Waals surface area contributed by atoms with Crippen LogP contribution in [0.5, 0.6) is 0 Å². The van der Waals surface area contributed by atoms with Crippen molar-refractivity contribution >= 4 is 18.0 Å². The number of likely N-dealkylation sites (N-methyl/N-ethyl adjacent to an activating group) is 2. The summed E-state index contributed by atoms with van der Waals surface area (Å²) < 4.78 is 5.26. The van der Waals surface area contributed by atoms with Gasteiger partial charge in [-0.15, -0.1) is 0 Å². The summed E-state index contributed by atoms with van der Waals surface area (Å²) in [5, 5.41) is 11.6. The normalized spacial score (nSPS) is 16.9. The van der Waals surface area contributed by atoms with Crippen molar-refractivity contribution < 1.29 is 24.2 Å². The van der Waals surface area contributed by atoms with Crippen molar-refractivity contribution in [2.45, 2.75) is 38.3 Å². The Morgan fingerprint density at radius 2 is 1.86 bits per heavy atom. The van der Waals surface area contributed by atoms with Gasteiger partial charge in [-0.25, -0.2) is 4.79 Å². The van der Waals surface area contributed by atoms with Crippen LogP contribution in [0.4, 0.5) is 4.79 Å². The number of carbonyl (C=O) groups is 3. The molecule has 126 valence electrons. The predicted molar refractivity (Wildman–Crippen MR) is 79.5 cm³/mol. The number of rotatable bonds is 5. The third-order valence-corrected chi connectivity index (χ3v) is 3.57. The van der Waals surface area contributed by atoms with Gasteiger partial charge in [-0.2, -0.15) is 0 Å². The first kappa shape index (κ1) is 18.2. The van der Waals surface area contributed by atoms with Crippen molar-refractivity contribution in [2.75, 3.05) is 33.7 Å². The molecule has 0 radical (unpaired) electrons. The average molecular weight is 315 g/mol. The van der Waals surface area contributed by atoms with Crippen molar-refractivity contribution in [1.29, 1.82) is 0 Å². The highest BCUT2D eigenvalue weighted by Crippen LogP contribution is 2.31. The third-order valence-electron chi connectivity index (χ3n) is 3.57. The Morgan fingerprint density at radius 3 is 2.27 bits per heavy atom. The zero-order valence-electron chi connectivity index (χ0n) is 13.8. The van der Waals surface area contributed by atoms with E-state index in [1.165, 1.54) is 11.9 Å². The molecule has 0 saturated carbocycles. The molecule has 1 aliphatic rings. The second-order valence-corrected chi connectivity index (χ2v) is 6.66. The number of carboxylic acid groups (broad SMARTS) is 1. The number of ether oxygens (including phenoxy) is 1. The number of hydrogen-bond donors (Lipinski definition) is 2. The summed E-state index contributed by atoms with van der Waals surface area (Å²) in [7, 11) is 3.21. The maximum absolute atomic E-state index is 12.0. The van der Waals surface area contributed by atoms with Gasteiger partial charge in [-0.1, -0.05) is 0 Å². The predicted octanol–water partition coefficient (Wildman–Crippen LogP) is 0.128. The molecule has 0 aliphatic carbocycles. The molecule has 0 bridgehead atoms. The van der Waals surface area contributed by atoms with Crippen molar-refractivity contribution in [1.82, 2.24) is 15.1 Å². The molecule has 0 aromatic heterocycles. The van der Waals surface area contributed by atoms with Gasteiger partial charge in [0.05, 0.1) is 18.5 Å². The molecule has 8 heteroatoms. The van der Waals surface area contributed by atoms with Gasteiger partial charge in [0.1, 0.15) is 5.60 Å². The molecule has 0 atom stereocenters. The standard InChI is InChI=1S/C14H25N3O5/c1-13(2,3)22-12(21)17-8-14(9-17,6-11(19)20)16(5)7-10(18)15-4/h6-9H2,1-5H3,(H,15,18)(H,19,20). The molecule has 1 heterocycles. The first-order valence-corrected chi connectivity index (χ1v) is 7.11. The lowest BCUT2D eigenvalue weighted by molar-refractivity contribution is -0.146. The Labute approximate surface area is 130 Å². The van der Waals surface area contributed by atoms with Gasteiger partial charge < -0.3 is 20.1 Å².